The first-order chi connectivity index (χ1) is 10.2. The van der Waals surface area contributed by atoms with Gasteiger partial charge in [0.1, 0.15) is 12.2 Å². The number of hydrogen-bond acceptors (Lipinski definition) is 3. The van der Waals surface area contributed by atoms with Crippen molar-refractivity contribution in [1.29, 1.82) is 0 Å². The Bertz CT molecular complexity index is 402. The minimum atomic E-state index is -1.13. The number of ether oxygens (including phenoxy) is 1. The van der Waals surface area contributed by atoms with Crippen molar-refractivity contribution in [1.82, 2.24) is 0 Å². The van der Waals surface area contributed by atoms with Gasteiger partial charge in [-0.25, -0.2) is 0 Å². The van der Waals surface area contributed by atoms with Crippen LogP contribution in [0.25, 0.3) is 0 Å². The van der Waals surface area contributed by atoms with Crippen LogP contribution >= 0.6 is 11.6 Å². The molecule has 0 radical (unpaired) electrons. The van der Waals surface area contributed by atoms with Crippen LogP contribution in [0.15, 0.2) is 0 Å². The van der Waals surface area contributed by atoms with Gasteiger partial charge in [0.25, 0.3) is 0 Å². The maximum Gasteiger partial charge on any atom is 0.142 e. The Hall–Kier alpha value is -0.710. The lowest BCUT2D eigenvalue weighted by Gasteiger charge is -2.06. The lowest BCUT2D eigenvalue weighted by atomic mass is 10.1. The second kappa shape index (κ2) is 10.9. The quantitative estimate of drug-likeness (QED) is 0.298. The highest BCUT2D eigenvalue weighted by molar-refractivity contribution is 6.18. The summed E-state index contributed by atoms with van der Waals surface area (Å²) in [5.74, 6) is 10.5. The fraction of sp³-hybridized carbons (Fsp3) is 0.765. The van der Waals surface area contributed by atoms with Gasteiger partial charge in [0.05, 0.1) is 18.1 Å². The van der Waals surface area contributed by atoms with Gasteiger partial charge in [-0.3, -0.25) is 0 Å². The van der Waals surface area contributed by atoms with E-state index in [0.717, 1.165) is 6.42 Å². The minimum Gasteiger partial charge on any atom is -0.388 e. The molecule has 4 atom stereocenters. The van der Waals surface area contributed by atoms with Crippen molar-refractivity contribution < 1.29 is 14.9 Å². The number of hydrogen-bond donors (Lipinski definition) is 2. The third kappa shape index (κ3) is 8.34. The average Bonchev–Trinajstić information content (AvgIpc) is 3.24. The molecular formula is C17H25ClO3. The van der Waals surface area contributed by atoms with Gasteiger partial charge in [0.15, 0.2) is 0 Å². The first kappa shape index (κ1) is 18.3. The zero-order chi connectivity index (χ0) is 15.5. The molecule has 4 heteroatoms. The Kier molecular flexibility index (Phi) is 9.55. The summed E-state index contributed by atoms with van der Waals surface area (Å²) in [6.07, 6.45) is 6.72. The topological polar surface area (TPSA) is 53.0 Å². The highest BCUT2D eigenvalue weighted by Crippen LogP contribution is 2.29. The van der Waals surface area contributed by atoms with Crippen LogP contribution in [0.5, 0.6) is 0 Å². The van der Waals surface area contributed by atoms with E-state index >= 15 is 0 Å². The molecular weight excluding hydrogens is 288 g/mol. The molecule has 1 saturated heterocycles. The van der Waals surface area contributed by atoms with Crippen LogP contribution in [0.4, 0.5) is 0 Å². The molecule has 0 saturated carbocycles. The van der Waals surface area contributed by atoms with Crippen LogP contribution in [-0.2, 0) is 4.74 Å². The van der Waals surface area contributed by atoms with Crippen molar-refractivity contribution >= 4 is 11.6 Å². The zero-order valence-electron chi connectivity index (χ0n) is 12.6. The second-order valence-electron chi connectivity index (χ2n) is 5.36. The van der Waals surface area contributed by atoms with Crippen LogP contribution in [-0.4, -0.2) is 40.5 Å². The van der Waals surface area contributed by atoms with Gasteiger partial charge in [0.2, 0.25) is 0 Å². The SMILES string of the molecule is CCCCCCCC1OC1CC#CC#CC(O)C(O)CCl. The summed E-state index contributed by atoms with van der Waals surface area (Å²) >= 11 is 5.39. The molecule has 1 rings (SSSR count). The molecule has 118 valence electrons. The fourth-order valence-electron chi connectivity index (χ4n) is 2.05. The molecule has 0 amide bonds. The number of alkyl halides is 1. The van der Waals surface area contributed by atoms with E-state index in [2.05, 4.69) is 30.6 Å². The Labute approximate surface area is 133 Å². The first-order valence-corrected chi connectivity index (χ1v) is 8.28. The van der Waals surface area contributed by atoms with E-state index in [1.165, 1.54) is 32.1 Å². The Balaban J connectivity index is 2.08. The van der Waals surface area contributed by atoms with Crippen LogP contribution in [0.2, 0.25) is 0 Å². The molecule has 0 bridgehead atoms. The second-order valence-corrected chi connectivity index (χ2v) is 5.67. The average molecular weight is 313 g/mol. The number of aliphatic hydroxyl groups excluding tert-OH is 2. The third-order valence-corrected chi connectivity index (χ3v) is 3.79. The van der Waals surface area contributed by atoms with Crippen molar-refractivity contribution in [3.63, 3.8) is 0 Å². The maximum absolute atomic E-state index is 9.34. The number of epoxide rings is 1. The highest BCUT2D eigenvalue weighted by atomic mass is 35.5. The summed E-state index contributed by atoms with van der Waals surface area (Å²) in [6.45, 7) is 2.22. The summed E-state index contributed by atoms with van der Waals surface area (Å²) in [4.78, 5) is 0. The van der Waals surface area contributed by atoms with Crippen molar-refractivity contribution in [3.05, 3.63) is 0 Å². The summed E-state index contributed by atoms with van der Waals surface area (Å²) in [6, 6.07) is 0. The predicted molar refractivity (Wildman–Crippen MR) is 84.9 cm³/mol. The molecule has 1 aliphatic heterocycles. The van der Waals surface area contributed by atoms with Gasteiger partial charge < -0.3 is 14.9 Å². The molecule has 1 heterocycles. The largest absolute Gasteiger partial charge is 0.388 e. The van der Waals surface area contributed by atoms with Crippen LogP contribution in [0, 0.1) is 23.7 Å². The van der Waals surface area contributed by atoms with Crippen LogP contribution in [0.1, 0.15) is 51.9 Å². The molecule has 0 aliphatic carbocycles. The van der Waals surface area contributed by atoms with E-state index < -0.39 is 12.2 Å². The third-order valence-electron chi connectivity index (χ3n) is 3.48. The van der Waals surface area contributed by atoms with E-state index in [1.807, 2.05) is 0 Å². The first-order valence-electron chi connectivity index (χ1n) is 7.75. The molecule has 1 fully saturated rings. The van der Waals surface area contributed by atoms with Crippen molar-refractivity contribution in [2.24, 2.45) is 0 Å². The maximum atomic E-state index is 9.34. The number of unbranched alkanes of at least 4 members (excludes halogenated alkanes) is 4. The summed E-state index contributed by atoms with van der Waals surface area (Å²) < 4.78 is 5.55. The molecule has 2 N–H and O–H groups in total. The number of rotatable bonds is 9. The standard InChI is InChI=1S/C17H25ClO3/c1-2-3-4-5-8-11-16-17(21-16)12-9-6-7-10-14(19)15(20)13-18/h14-17,19-20H,2-5,8,11-13H2,1H3. The lowest BCUT2D eigenvalue weighted by molar-refractivity contribution is 0.0701. The molecule has 1 aliphatic rings. The fourth-order valence-corrected chi connectivity index (χ4v) is 2.22. The summed E-state index contributed by atoms with van der Waals surface area (Å²) in [5.41, 5.74) is 0. The molecule has 21 heavy (non-hydrogen) atoms. The Morgan fingerprint density at radius 2 is 1.86 bits per heavy atom. The van der Waals surface area contributed by atoms with E-state index in [0.29, 0.717) is 12.5 Å². The highest BCUT2D eigenvalue weighted by Gasteiger charge is 2.36. The summed E-state index contributed by atoms with van der Waals surface area (Å²) in [5, 5.41) is 18.5. The molecule has 0 aromatic rings. The molecule has 0 aromatic heterocycles. The monoisotopic (exact) mass is 312 g/mol. The van der Waals surface area contributed by atoms with Gasteiger partial charge in [-0.1, -0.05) is 50.9 Å². The molecule has 3 nitrogen and oxygen atoms in total. The van der Waals surface area contributed by atoms with Gasteiger partial charge >= 0.3 is 0 Å². The van der Waals surface area contributed by atoms with Crippen molar-refractivity contribution in [2.75, 3.05) is 5.88 Å². The van der Waals surface area contributed by atoms with Gasteiger partial charge in [0, 0.05) is 6.42 Å². The number of halogens is 1. The Morgan fingerprint density at radius 3 is 2.57 bits per heavy atom. The van der Waals surface area contributed by atoms with E-state index in [-0.39, 0.29) is 12.0 Å². The smallest absolute Gasteiger partial charge is 0.142 e. The number of aliphatic hydroxyl groups is 2. The summed E-state index contributed by atoms with van der Waals surface area (Å²) in [7, 11) is 0. The van der Waals surface area contributed by atoms with Crippen molar-refractivity contribution in [2.45, 2.75) is 76.3 Å². The molecule has 0 spiro atoms. The van der Waals surface area contributed by atoms with Gasteiger partial charge in [-0.15, -0.1) is 11.6 Å². The van der Waals surface area contributed by atoms with Crippen LogP contribution in [0.3, 0.4) is 0 Å². The Morgan fingerprint density at radius 1 is 1.10 bits per heavy atom. The van der Waals surface area contributed by atoms with Crippen molar-refractivity contribution in [3.8, 4) is 23.7 Å². The van der Waals surface area contributed by atoms with E-state index in [4.69, 9.17) is 16.3 Å². The van der Waals surface area contributed by atoms with E-state index in [9.17, 15) is 10.2 Å². The van der Waals surface area contributed by atoms with Gasteiger partial charge in [-0.05, 0) is 18.3 Å². The van der Waals surface area contributed by atoms with Gasteiger partial charge in [-0.2, -0.15) is 0 Å². The van der Waals surface area contributed by atoms with E-state index in [1.54, 1.807) is 0 Å². The predicted octanol–water partition coefficient (Wildman–Crippen LogP) is 2.47. The minimum absolute atomic E-state index is 0.0425. The normalized spacial score (nSPS) is 22.5. The lowest BCUT2D eigenvalue weighted by Crippen LogP contribution is -2.25. The molecule has 4 unspecified atom stereocenters. The molecule has 0 aromatic carbocycles. The zero-order valence-corrected chi connectivity index (χ0v) is 13.4. The van der Waals surface area contributed by atoms with Crippen LogP contribution < -0.4 is 0 Å².